The molecular weight excluding hydrogens is 395 g/mol. The van der Waals surface area contributed by atoms with Gasteiger partial charge in [0.15, 0.2) is 5.76 Å². The van der Waals surface area contributed by atoms with E-state index in [-0.39, 0.29) is 11.0 Å². The molecule has 2 aromatic heterocycles. The molecule has 1 aromatic carbocycles. The highest BCUT2D eigenvalue weighted by Gasteiger charge is 2.24. The molecule has 1 fully saturated rings. The highest BCUT2D eigenvalue weighted by molar-refractivity contribution is 7.90. The summed E-state index contributed by atoms with van der Waals surface area (Å²) in [6, 6.07) is 7.55. The number of piperidine rings is 1. The lowest BCUT2D eigenvalue weighted by Gasteiger charge is -2.25. The third kappa shape index (κ3) is 4.35. The number of sulfone groups is 1. The first-order valence-corrected chi connectivity index (χ1v) is 11.3. The number of hydrogen-bond acceptors (Lipinski definition) is 7. The summed E-state index contributed by atoms with van der Waals surface area (Å²) in [5, 5.41) is 3.96. The van der Waals surface area contributed by atoms with Crippen LogP contribution in [0.5, 0.6) is 0 Å². The van der Waals surface area contributed by atoms with Gasteiger partial charge in [0, 0.05) is 18.0 Å². The molecule has 4 rings (SSSR count). The third-order valence-electron chi connectivity index (χ3n) is 4.92. The smallest absolute Gasteiger partial charge is 0.247 e. The molecule has 1 saturated heterocycles. The average molecular weight is 416 g/mol. The molecule has 29 heavy (non-hydrogen) atoms. The van der Waals surface area contributed by atoms with E-state index in [1.54, 1.807) is 18.2 Å². The zero-order valence-corrected chi connectivity index (χ0v) is 16.8. The van der Waals surface area contributed by atoms with E-state index >= 15 is 0 Å². The topological polar surface area (TPSA) is 89.2 Å². The van der Waals surface area contributed by atoms with Crippen LogP contribution in [0.25, 0.3) is 22.5 Å². The predicted octanol–water partition coefficient (Wildman–Crippen LogP) is 3.33. The molecule has 9 heteroatoms. The van der Waals surface area contributed by atoms with Crippen molar-refractivity contribution < 1.29 is 17.3 Å². The molecule has 3 heterocycles. The van der Waals surface area contributed by atoms with Gasteiger partial charge in [0.05, 0.1) is 17.8 Å². The molecule has 0 spiro atoms. The van der Waals surface area contributed by atoms with E-state index in [0.717, 1.165) is 32.2 Å². The van der Waals surface area contributed by atoms with Crippen LogP contribution in [-0.2, 0) is 16.4 Å². The molecule has 0 bridgehead atoms. The van der Waals surface area contributed by atoms with Crippen LogP contribution in [0, 0.1) is 5.82 Å². The third-order valence-corrected chi connectivity index (χ3v) is 5.78. The van der Waals surface area contributed by atoms with Gasteiger partial charge in [-0.2, -0.15) is 0 Å². The minimum Gasteiger partial charge on any atom is -0.359 e. The summed E-state index contributed by atoms with van der Waals surface area (Å²) in [5.41, 5.74) is 2.17. The molecule has 152 valence electrons. The second-order valence-electron chi connectivity index (χ2n) is 7.17. The van der Waals surface area contributed by atoms with Crippen molar-refractivity contribution in [1.82, 2.24) is 20.0 Å². The second-order valence-corrected chi connectivity index (χ2v) is 9.08. The normalized spacial score (nSPS) is 15.5. The van der Waals surface area contributed by atoms with Crippen LogP contribution in [0.1, 0.15) is 25.0 Å². The molecule has 0 amide bonds. The predicted molar refractivity (Wildman–Crippen MR) is 105 cm³/mol. The first-order chi connectivity index (χ1) is 13.9. The number of benzene rings is 1. The van der Waals surface area contributed by atoms with E-state index in [1.807, 2.05) is 0 Å². The molecule has 0 atom stereocenters. The summed E-state index contributed by atoms with van der Waals surface area (Å²) in [7, 11) is -3.57. The Labute approximate surface area is 168 Å². The maximum atomic E-state index is 13.4. The van der Waals surface area contributed by atoms with Gasteiger partial charge in [-0.3, -0.25) is 4.90 Å². The number of nitrogens with zero attached hydrogens (tertiary/aromatic N) is 4. The monoisotopic (exact) mass is 416 g/mol. The van der Waals surface area contributed by atoms with E-state index in [1.165, 1.54) is 24.8 Å². The summed E-state index contributed by atoms with van der Waals surface area (Å²) in [5.74, 6) is 0.248. The minimum absolute atomic E-state index is 0.259. The number of halogens is 1. The van der Waals surface area contributed by atoms with Gasteiger partial charge in [0.2, 0.25) is 15.0 Å². The van der Waals surface area contributed by atoms with Crippen LogP contribution in [0.2, 0.25) is 0 Å². The Morgan fingerprint density at radius 2 is 1.83 bits per heavy atom. The minimum atomic E-state index is -3.57. The van der Waals surface area contributed by atoms with Crippen molar-refractivity contribution in [1.29, 1.82) is 0 Å². The Kier molecular flexibility index (Phi) is 5.42. The van der Waals surface area contributed by atoms with Gasteiger partial charge in [-0.15, -0.1) is 0 Å². The van der Waals surface area contributed by atoms with Gasteiger partial charge in [-0.1, -0.05) is 11.6 Å². The molecule has 0 unspecified atom stereocenters. The first-order valence-electron chi connectivity index (χ1n) is 9.42. The van der Waals surface area contributed by atoms with E-state index in [0.29, 0.717) is 34.8 Å². The number of likely N-dealkylation sites (tertiary alicyclic amines) is 1. The second kappa shape index (κ2) is 8.00. The van der Waals surface area contributed by atoms with E-state index in [9.17, 15) is 12.8 Å². The maximum Gasteiger partial charge on any atom is 0.247 e. The van der Waals surface area contributed by atoms with Crippen LogP contribution < -0.4 is 0 Å². The lowest BCUT2D eigenvalue weighted by Crippen LogP contribution is -2.29. The van der Waals surface area contributed by atoms with E-state index in [4.69, 9.17) is 4.52 Å². The van der Waals surface area contributed by atoms with Gasteiger partial charge >= 0.3 is 0 Å². The summed E-state index contributed by atoms with van der Waals surface area (Å²) in [4.78, 5) is 10.4. The zero-order chi connectivity index (χ0) is 20.4. The Morgan fingerprint density at radius 1 is 1.10 bits per heavy atom. The van der Waals surface area contributed by atoms with Gasteiger partial charge in [0.1, 0.15) is 11.5 Å². The quantitative estimate of drug-likeness (QED) is 0.590. The fraction of sp³-hybridized carbons (Fsp3) is 0.350. The molecule has 7 nitrogen and oxygen atoms in total. The molecule has 3 aromatic rings. The molecule has 0 aliphatic carbocycles. The number of hydrogen-bond donors (Lipinski definition) is 0. The lowest BCUT2D eigenvalue weighted by molar-refractivity contribution is 0.197. The Bertz CT molecular complexity index is 1110. The maximum absolute atomic E-state index is 13.4. The van der Waals surface area contributed by atoms with Crippen molar-refractivity contribution in [2.45, 2.75) is 31.0 Å². The highest BCUT2D eigenvalue weighted by atomic mass is 32.2. The van der Waals surface area contributed by atoms with E-state index in [2.05, 4.69) is 20.0 Å². The average Bonchev–Trinajstić information content (AvgIpc) is 3.12. The van der Waals surface area contributed by atoms with Gasteiger partial charge < -0.3 is 4.52 Å². The van der Waals surface area contributed by atoms with Gasteiger partial charge in [-0.05, 0) is 56.3 Å². The summed E-state index contributed by atoms with van der Waals surface area (Å²) in [6.45, 7) is 2.47. The summed E-state index contributed by atoms with van der Waals surface area (Å²) >= 11 is 0. The number of aromatic nitrogens is 3. The Morgan fingerprint density at radius 3 is 2.52 bits per heavy atom. The fourth-order valence-corrected chi connectivity index (χ4v) is 4.00. The molecule has 0 radical (unpaired) electrons. The van der Waals surface area contributed by atoms with Crippen molar-refractivity contribution in [2.24, 2.45) is 0 Å². The van der Waals surface area contributed by atoms with Gasteiger partial charge in [0.25, 0.3) is 0 Å². The fourth-order valence-electron chi connectivity index (χ4n) is 3.48. The number of rotatable bonds is 5. The molecular formula is C20H21FN4O3S. The van der Waals surface area contributed by atoms with Crippen molar-refractivity contribution >= 4 is 9.84 Å². The summed E-state index contributed by atoms with van der Waals surface area (Å²) in [6.07, 6.45) is 5.93. The Hall–Kier alpha value is -2.65. The first kappa shape index (κ1) is 19.7. The largest absolute Gasteiger partial charge is 0.359 e. The molecule has 1 aliphatic rings. The van der Waals surface area contributed by atoms with Crippen molar-refractivity contribution in [3.63, 3.8) is 0 Å². The zero-order valence-electron chi connectivity index (χ0n) is 16.0. The Balaban J connectivity index is 1.82. The van der Waals surface area contributed by atoms with Gasteiger partial charge in [-0.25, -0.2) is 22.8 Å². The van der Waals surface area contributed by atoms with Crippen LogP contribution in [0.15, 0.2) is 46.2 Å². The van der Waals surface area contributed by atoms with Crippen molar-refractivity contribution in [3.05, 3.63) is 48.1 Å². The van der Waals surface area contributed by atoms with Crippen molar-refractivity contribution in [3.8, 4) is 22.5 Å². The van der Waals surface area contributed by atoms with Crippen LogP contribution in [0.3, 0.4) is 0 Å². The molecule has 0 N–H and O–H groups in total. The van der Waals surface area contributed by atoms with Crippen LogP contribution in [0.4, 0.5) is 4.39 Å². The lowest BCUT2D eigenvalue weighted by atomic mass is 10.0. The van der Waals surface area contributed by atoms with E-state index < -0.39 is 9.84 Å². The SMILES string of the molecule is CS(=O)(=O)c1nccc(-c2c(-c3ccc(F)cc3)noc2CN2CCCCC2)n1. The molecule has 1 aliphatic heterocycles. The summed E-state index contributed by atoms with van der Waals surface area (Å²) < 4.78 is 42.9. The standard InChI is InChI=1S/C20H21FN4O3S/c1-29(26,27)20-22-10-9-16(23-20)18-17(13-25-11-3-2-4-12-25)28-24-19(18)14-5-7-15(21)8-6-14/h5-10H,2-4,11-13H2,1H3. The van der Waals surface area contributed by atoms with Crippen molar-refractivity contribution in [2.75, 3.05) is 19.3 Å². The van der Waals surface area contributed by atoms with Crippen LogP contribution in [-0.4, -0.2) is 47.8 Å². The molecule has 0 saturated carbocycles. The van der Waals surface area contributed by atoms with Crippen LogP contribution >= 0.6 is 0 Å². The highest BCUT2D eigenvalue weighted by Crippen LogP contribution is 2.35.